The highest BCUT2D eigenvalue weighted by Crippen LogP contribution is 2.18. The Morgan fingerprint density at radius 3 is 2.36 bits per heavy atom. The van der Waals surface area contributed by atoms with E-state index in [0.717, 1.165) is 25.9 Å². The second kappa shape index (κ2) is 7.38. The lowest BCUT2D eigenvalue weighted by Gasteiger charge is -2.31. The fraction of sp³-hybridized carbons (Fsp3) is 0.529. The predicted octanol–water partition coefficient (Wildman–Crippen LogP) is 2.83. The van der Waals surface area contributed by atoms with Crippen LogP contribution in [0.2, 0.25) is 0 Å². The third-order valence-corrected chi connectivity index (χ3v) is 4.20. The van der Waals surface area contributed by atoms with E-state index < -0.39 is 0 Å². The number of rotatable bonds is 4. The van der Waals surface area contributed by atoms with Crippen molar-refractivity contribution in [3.63, 3.8) is 0 Å². The van der Waals surface area contributed by atoms with Crippen LogP contribution in [-0.2, 0) is 9.59 Å². The first-order valence-electron chi connectivity index (χ1n) is 7.79. The summed E-state index contributed by atoms with van der Waals surface area (Å²) in [7, 11) is 0. The van der Waals surface area contributed by atoms with Gasteiger partial charge in [-0.1, -0.05) is 6.92 Å². The van der Waals surface area contributed by atoms with E-state index in [-0.39, 0.29) is 17.6 Å². The number of halogens is 1. The van der Waals surface area contributed by atoms with E-state index in [2.05, 4.69) is 6.92 Å². The zero-order valence-corrected chi connectivity index (χ0v) is 13.2. The van der Waals surface area contributed by atoms with Crippen LogP contribution in [0.1, 0.15) is 33.1 Å². The number of likely N-dealkylation sites (tertiary alicyclic amines) is 1. The van der Waals surface area contributed by atoms with E-state index in [1.54, 1.807) is 12.1 Å². The second-order valence-corrected chi connectivity index (χ2v) is 5.96. The van der Waals surface area contributed by atoms with Crippen molar-refractivity contribution in [2.75, 3.05) is 24.5 Å². The average Bonchev–Trinajstić information content (AvgIpc) is 2.49. The highest BCUT2D eigenvalue weighted by molar-refractivity contribution is 5.92. The zero-order valence-electron chi connectivity index (χ0n) is 13.2. The molecule has 22 heavy (non-hydrogen) atoms. The highest BCUT2D eigenvalue weighted by Gasteiger charge is 2.21. The average molecular weight is 306 g/mol. The molecule has 1 heterocycles. The molecule has 1 saturated heterocycles. The van der Waals surface area contributed by atoms with Crippen molar-refractivity contribution in [1.29, 1.82) is 0 Å². The number of anilines is 1. The van der Waals surface area contributed by atoms with E-state index in [4.69, 9.17) is 0 Å². The maximum Gasteiger partial charge on any atom is 0.224 e. The Morgan fingerprint density at radius 1 is 1.23 bits per heavy atom. The quantitative estimate of drug-likeness (QED) is 0.858. The SMILES string of the molecule is CC(=O)N(CCC(=O)N1CCC(C)CC1)c1ccc(F)cc1. The van der Waals surface area contributed by atoms with Gasteiger partial charge in [-0.05, 0) is 43.0 Å². The molecule has 1 fully saturated rings. The van der Waals surface area contributed by atoms with Crippen molar-refractivity contribution in [3.05, 3.63) is 30.1 Å². The summed E-state index contributed by atoms with van der Waals surface area (Å²) < 4.78 is 13.0. The number of benzene rings is 1. The topological polar surface area (TPSA) is 40.6 Å². The Morgan fingerprint density at radius 2 is 1.82 bits per heavy atom. The molecule has 1 aromatic carbocycles. The van der Waals surface area contributed by atoms with Gasteiger partial charge in [0, 0.05) is 38.7 Å². The summed E-state index contributed by atoms with van der Waals surface area (Å²) in [6.07, 6.45) is 2.38. The Balaban J connectivity index is 1.93. The van der Waals surface area contributed by atoms with Crippen molar-refractivity contribution < 1.29 is 14.0 Å². The van der Waals surface area contributed by atoms with Crippen LogP contribution in [0.4, 0.5) is 10.1 Å². The standard InChI is InChI=1S/C17H23FN2O2/c1-13-7-10-19(11-8-13)17(22)9-12-20(14(2)21)16-5-3-15(18)4-6-16/h3-6,13H,7-12H2,1-2H3. The fourth-order valence-electron chi connectivity index (χ4n) is 2.71. The summed E-state index contributed by atoms with van der Waals surface area (Å²) >= 11 is 0. The molecule has 4 nitrogen and oxygen atoms in total. The molecule has 0 spiro atoms. The van der Waals surface area contributed by atoms with Crippen LogP contribution in [0.25, 0.3) is 0 Å². The number of carbonyl (C=O) groups is 2. The van der Waals surface area contributed by atoms with Gasteiger partial charge < -0.3 is 9.80 Å². The van der Waals surface area contributed by atoms with E-state index in [1.807, 2.05) is 4.90 Å². The van der Waals surface area contributed by atoms with Crippen LogP contribution in [0.3, 0.4) is 0 Å². The summed E-state index contributed by atoms with van der Waals surface area (Å²) in [5.74, 6) is 0.273. The van der Waals surface area contributed by atoms with Gasteiger partial charge in [-0.15, -0.1) is 0 Å². The maximum absolute atomic E-state index is 13.0. The van der Waals surface area contributed by atoms with E-state index in [1.165, 1.54) is 24.0 Å². The van der Waals surface area contributed by atoms with Gasteiger partial charge in [-0.25, -0.2) is 4.39 Å². The van der Waals surface area contributed by atoms with Crippen LogP contribution in [0, 0.1) is 11.7 Å². The molecule has 0 saturated carbocycles. The molecule has 0 atom stereocenters. The Hall–Kier alpha value is -1.91. The first-order valence-corrected chi connectivity index (χ1v) is 7.79. The minimum Gasteiger partial charge on any atom is -0.343 e. The molecule has 0 bridgehead atoms. The molecule has 2 rings (SSSR count). The summed E-state index contributed by atoms with van der Waals surface area (Å²) in [5, 5.41) is 0. The molecule has 1 aliphatic rings. The summed E-state index contributed by atoms with van der Waals surface area (Å²) in [6.45, 7) is 5.59. The molecule has 2 amide bonds. The normalized spacial score (nSPS) is 15.7. The third kappa shape index (κ3) is 4.29. The summed E-state index contributed by atoms with van der Waals surface area (Å²) in [5.41, 5.74) is 0.619. The van der Waals surface area contributed by atoms with Crippen LogP contribution in [0.15, 0.2) is 24.3 Å². The van der Waals surface area contributed by atoms with Gasteiger partial charge in [0.1, 0.15) is 5.82 Å². The lowest BCUT2D eigenvalue weighted by atomic mass is 9.99. The molecule has 0 aromatic heterocycles. The lowest BCUT2D eigenvalue weighted by Crippen LogP contribution is -2.40. The summed E-state index contributed by atoms with van der Waals surface area (Å²) in [6, 6.07) is 5.76. The molecule has 120 valence electrons. The Bertz CT molecular complexity index is 522. The van der Waals surface area contributed by atoms with Crippen molar-refractivity contribution in [1.82, 2.24) is 4.90 Å². The second-order valence-electron chi connectivity index (χ2n) is 5.96. The number of hydrogen-bond donors (Lipinski definition) is 0. The third-order valence-electron chi connectivity index (χ3n) is 4.20. The van der Waals surface area contributed by atoms with Gasteiger partial charge in [-0.3, -0.25) is 9.59 Å². The van der Waals surface area contributed by atoms with Crippen molar-refractivity contribution in [2.45, 2.75) is 33.1 Å². The molecule has 0 N–H and O–H groups in total. The monoisotopic (exact) mass is 306 g/mol. The van der Waals surface area contributed by atoms with E-state index >= 15 is 0 Å². The van der Waals surface area contributed by atoms with Gasteiger partial charge in [0.15, 0.2) is 0 Å². The van der Waals surface area contributed by atoms with Crippen molar-refractivity contribution in [2.24, 2.45) is 5.92 Å². The number of carbonyl (C=O) groups excluding carboxylic acids is 2. The van der Waals surface area contributed by atoms with Crippen molar-refractivity contribution in [3.8, 4) is 0 Å². The maximum atomic E-state index is 13.0. The summed E-state index contributed by atoms with van der Waals surface area (Å²) in [4.78, 5) is 27.4. The molecule has 1 aromatic rings. The zero-order chi connectivity index (χ0) is 16.1. The molecule has 0 aliphatic carbocycles. The van der Waals surface area contributed by atoms with Crippen LogP contribution in [-0.4, -0.2) is 36.3 Å². The highest BCUT2D eigenvalue weighted by atomic mass is 19.1. The van der Waals surface area contributed by atoms with Gasteiger partial charge in [0.05, 0.1) is 0 Å². The van der Waals surface area contributed by atoms with E-state index in [0.29, 0.717) is 24.6 Å². The predicted molar refractivity (Wildman–Crippen MR) is 84.0 cm³/mol. The minimum absolute atomic E-state index is 0.0836. The first-order chi connectivity index (χ1) is 10.5. The number of amides is 2. The van der Waals surface area contributed by atoms with Crippen molar-refractivity contribution >= 4 is 17.5 Å². The Kier molecular flexibility index (Phi) is 5.52. The van der Waals surface area contributed by atoms with Gasteiger partial charge in [0.2, 0.25) is 11.8 Å². The van der Waals surface area contributed by atoms with Gasteiger partial charge in [0.25, 0.3) is 0 Å². The minimum atomic E-state index is -0.342. The number of piperidine rings is 1. The molecule has 5 heteroatoms. The molecule has 0 unspecified atom stereocenters. The van der Waals surface area contributed by atoms with Gasteiger partial charge >= 0.3 is 0 Å². The van der Waals surface area contributed by atoms with Crippen LogP contribution < -0.4 is 4.90 Å². The largest absolute Gasteiger partial charge is 0.343 e. The van der Waals surface area contributed by atoms with Crippen LogP contribution in [0.5, 0.6) is 0 Å². The fourth-order valence-corrected chi connectivity index (χ4v) is 2.71. The molecular weight excluding hydrogens is 283 g/mol. The first kappa shape index (κ1) is 16.5. The molecule has 0 radical (unpaired) electrons. The van der Waals surface area contributed by atoms with E-state index in [9.17, 15) is 14.0 Å². The van der Waals surface area contributed by atoms with Gasteiger partial charge in [-0.2, -0.15) is 0 Å². The molecular formula is C17H23FN2O2. The lowest BCUT2D eigenvalue weighted by molar-refractivity contribution is -0.132. The van der Waals surface area contributed by atoms with Crippen LogP contribution >= 0.6 is 0 Å². The number of nitrogens with zero attached hydrogens (tertiary/aromatic N) is 2. The smallest absolute Gasteiger partial charge is 0.224 e. The number of hydrogen-bond acceptors (Lipinski definition) is 2. The molecule has 1 aliphatic heterocycles. The Labute approximate surface area is 130 Å².